The first-order valence-electron chi connectivity index (χ1n) is 17.5. The lowest BCUT2D eigenvalue weighted by Crippen LogP contribution is -2.51. The van der Waals surface area contributed by atoms with Crippen LogP contribution in [-0.2, 0) is 21.3 Å². The van der Waals surface area contributed by atoms with Crippen molar-refractivity contribution in [2.75, 3.05) is 50.9 Å². The maximum absolute atomic E-state index is 15.4. The Morgan fingerprint density at radius 2 is 1.80 bits per heavy atom. The van der Waals surface area contributed by atoms with Gasteiger partial charge in [0.25, 0.3) is 5.91 Å². The van der Waals surface area contributed by atoms with Crippen molar-refractivity contribution >= 4 is 66.1 Å². The van der Waals surface area contributed by atoms with Crippen molar-refractivity contribution in [3.05, 3.63) is 95.8 Å². The lowest BCUT2D eigenvalue weighted by molar-refractivity contribution is 0.0964. The number of anilines is 1. The molecule has 280 valence electrons. The molecule has 2 saturated heterocycles. The van der Waals surface area contributed by atoms with E-state index < -0.39 is 27.6 Å². The largest absolute Gasteiger partial charge is 0.455 e. The van der Waals surface area contributed by atoms with Gasteiger partial charge in [-0.25, -0.2) is 32.0 Å². The number of piperazine rings is 1. The SMILES string of the molecule is CNC(=O)c1c(-c2ccc(F)cc2)oc2cc(N(C)S(C)(=O)=O)c(-c3ccc4nc(CN5CCN6C(=O)OCC6C5)n5c6cccc(F)c6cc5c4n3)cc12. The molecule has 0 radical (unpaired) electrons. The molecule has 0 spiro atoms. The van der Waals surface area contributed by atoms with Crippen molar-refractivity contribution in [3.8, 4) is 22.6 Å². The van der Waals surface area contributed by atoms with Crippen LogP contribution in [0.2, 0.25) is 0 Å². The highest BCUT2D eigenvalue weighted by Gasteiger charge is 2.37. The van der Waals surface area contributed by atoms with Gasteiger partial charge >= 0.3 is 6.09 Å². The molecule has 13 nitrogen and oxygen atoms in total. The van der Waals surface area contributed by atoms with Crippen molar-refractivity contribution in [2.24, 2.45) is 0 Å². The van der Waals surface area contributed by atoms with Gasteiger partial charge in [0.2, 0.25) is 10.0 Å². The monoisotopic (exact) mass is 765 g/mol. The highest BCUT2D eigenvalue weighted by molar-refractivity contribution is 7.92. The molecular formula is C39H33F2N7O6S. The normalized spacial score (nSPS) is 16.3. The van der Waals surface area contributed by atoms with Crippen molar-refractivity contribution < 1.29 is 35.9 Å². The number of sulfonamides is 1. The van der Waals surface area contributed by atoms with Crippen LogP contribution in [0.25, 0.3) is 61.0 Å². The molecule has 6 heterocycles. The molecule has 55 heavy (non-hydrogen) atoms. The van der Waals surface area contributed by atoms with Crippen molar-refractivity contribution in [2.45, 2.75) is 12.6 Å². The molecule has 1 unspecified atom stereocenters. The van der Waals surface area contributed by atoms with Gasteiger partial charge in [0.05, 0.1) is 52.3 Å². The Hall–Kier alpha value is -6.13. The number of carbonyl (C=O) groups is 2. The third kappa shape index (κ3) is 5.71. The number of fused-ring (bicyclic) bond motifs is 7. The average molecular weight is 766 g/mol. The second-order valence-corrected chi connectivity index (χ2v) is 15.8. The molecule has 4 aromatic heterocycles. The summed E-state index contributed by atoms with van der Waals surface area (Å²) in [4.78, 5) is 39.6. The first-order valence-corrected chi connectivity index (χ1v) is 19.3. The van der Waals surface area contributed by atoms with Gasteiger partial charge in [-0.2, -0.15) is 0 Å². The Balaban J connectivity index is 1.25. The number of pyridine rings is 1. The predicted molar refractivity (Wildman–Crippen MR) is 202 cm³/mol. The smallest absolute Gasteiger partial charge is 0.410 e. The topological polar surface area (TPSA) is 143 Å². The highest BCUT2D eigenvalue weighted by Crippen LogP contribution is 2.42. The third-order valence-electron chi connectivity index (χ3n) is 10.5. The quantitative estimate of drug-likeness (QED) is 0.214. The Morgan fingerprint density at radius 1 is 1.00 bits per heavy atom. The molecule has 3 aromatic carbocycles. The number of hydrogen-bond donors (Lipinski definition) is 1. The average Bonchev–Trinajstić information content (AvgIpc) is 3.87. The fourth-order valence-electron chi connectivity index (χ4n) is 7.65. The minimum atomic E-state index is -3.81. The fraction of sp³-hybridized carbons (Fsp3) is 0.231. The van der Waals surface area contributed by atoms with Gasteiger partial charge in [-0.1, -0.05) is 6.07 Å². The first kappa shape index (κ1) is 34.6. The number of nitrogens with one attached hydrogen (secondary N) is 1. The molecule has 1 atom stereocenters. The van der Waals surface area contributed by atoms with Crippen molar-refractivity contribution in [1.82, 2.24) is 29.5 Å². The van der Waals surface area contributed by atoms with Crippen LogP contribution in [0.5, 0.6) is 0 Å². The molecule has 2 fully saturated rings. The van der Waals surface area contributed by atoms with E-state index in [1.54, 1.807) is 35.2 Å². The summed E-state index contributed by atoms with van der Waals surface area (Å²) in [6.45, 7) is 2.44. The van der Waals surface area contributed by atoms with E-state index in [-0.39, 0.29) is 34.7 Å². The number of carbonyl (C=O) groups excluding carboxylic acids is 2. The minimum absolute atomic E-state index is 0.0669. The number of cyclic esters (lactones) is 1. The third-order valence-corrected chi connectivity index (χ3v) is 11.7. The summed E-state index contributed by atoms with van der Waals surface area (Å²) in [6.07, 6.45) is 0.768. The number of amides is 2. The van der Waals surface area contributed by atoms with Crippen LogP contribution >= 0.6 is 0 Å². The number of halogens is 2. The predicted octanol–water partition coefficient (Wildman–Crippen LogP) is 5.79. The summed E-state index contributed by atoms with van der Waals surface area (Å²) in [5.74, 6) is -0.504. The second kappa shape index (κ2) is 12.7. The maximum atomic E-state index is 15.4. The lowest BCUT2D eigenvalue weighted by atomic mass is 10.0. The summed E-state index contributed by atoms with van der Waals surface area (Å²) in [5, 5.41) is 3.41. The second-order valence-electron chi connectivity index (χ2n) is 13.8. The van der Waals surface area contributed by atoms with Crippen molar-refractivity contribution in [1.29, 1.82) is 0 Å². The summed E-state index contributed by atoms with van der Waals surface area (Å²) in [6, 6.07) is 18.7. The zero-order valence-electron chi connectivity index (χ0n) is 29.8. The van der Waals surface area contributed by atoms with E-state index in [0.717, 1.165) is 10.6 Å². The number of hydrogen-bond acceptors (Lipinski definition) is 9. The van der Waals surface area contributed by atoms with Crippen LogP contribution in [0, 0.1) is 11.6 Å². The molecule has 0 aliphatic carbocycles. The van der Waals surface area contributed by atoms with Crippen LogP contribution in [-0.4, -0.2) is 97.2 Å². The number of aromatic nitrogens is 3. The van der Waals surface area contributed by atoms with Gasteiger partial charge in [-0.15, -0.1) is 0 Å². The molecule has 2 amide bonds. The van der Waals surface area contributed by atoms with Crippen LogP contribution in [0.15, 0.2) is 77.2 Å². The summed E-state index contributed by atoms with van der Waals surface area (Å²) < 4.78 is 69.8. The number of furan rings is 1. The van der Waals surface area contributed by atoms with Gasteiger partial charge in [0.1, 0.15) is 40.9 Å². The minimum Gasteiger partial charge on any atom is -0.455 e. The Labute approximate surface area is 312 Å². The number of ether oxygens (including phenoxy) is 1. The molecule has 2 aliphatic heterocycles. The fourth-order valence-corrected chi connectivity index (χ4v) is 8.16. The molecule has 9 rings (SSSR count). The number of nitrogens with zero attached hydrogens (tertiary/aromatic N) is 6. The Kier molecular flexibility index (Phi) is 8.02. The van der Waals surface area contributed by atoms with Crippen LogP contribution in [0.4, 0.5) is 19.3 Å². The van der Waals surface area contributed by atoms with Crippen LogP contribution in [0.3, 0.4) is 0 Å². The standard InChI is InChI=1S/C39H33F2N7O6S/c1-42-38(49)35-26-15-25(31(45(2)55(3,51)52)17-33(26)54-37(35)21-7-9-22(40)10-8-21)28-11-12-29-36(44-28)32-16-24-27(41)5-4-6-30(24)48(32)34(43-29)19-46-13-14-47-23(18-46)20-53-39(47)50/h4-12,15-17,23H,13-14,18-20H2,1-3H3,(H,42,49). The Morgan fingerprint density at radius 3 is 2.56 bits per heavy atom. The van der Waals surface area contributed by atoms with E-state index in [4.69, 9.17) is 19.1 Å². The molecule has 0 saturated carbocycles. The molecule has 7 aromatic rings. The maximum Gasteiger partial charge on any atom is 0.410 e. The van der Waals surface area contributed by atoms with Gasteiger partial charge in [-0.3, -0.25) is 23.3 Å². The molecule has 16 heteroatoms. The molecule has 0 bridgehead atoms. The zero-order valence-corrected chi connectivity index (χ0v) is 30.7. The van der Waals surface area contributed by atoms with E-state index in [1.165, 1.54) is 50.5 Å². The lowest BCUT2D eigenvalue weighted by Gasteiger charge is -2.35. The first-order chi connectivity index (χ1) is 26.4. The van der Waals surface area contributed by atoms with Crippen molar-refractivity contribution in [3.63, 3.8) is 0 Å². The van der Waals surface area contributed by atoms with Gasteiger partial charge in [-0.05, 0) is 60.7 Å². The highest BCUT2D eigenvalue weighted by atomic mass is 32.2. The molecular weight excluding hydrogens is 733 g/mol. The molecule has 2 aliphatic rings. The number of benzene rings is 3. The molecule has 1 N–H and O–H groups in total. The van der Waals surface area contributed by atoms with E-state index in [1.807, 2.05) is 10.5 Å². The van der Waals surface area contributed by atoms with Gasteiger partial charge < -0.3 is 14.5 Å². The van der Waals surface area contributed by atoms with Gasteiger partial charge in [0, 0.05) is 61.7 Å². The van der Waals surface area contributed by atoms with Crippen LogP contribution < -0.4 is 9.62 Å². The van der Waals surface area contributed by atoms with E-state index in [0.29, 0.717) is 88.3 Å². The Bertz CT molecular complexity index is 2860. The van der Waals surface area contributed by atoms with Gasteiger partial charge in [0.15, 0.2) is 0 Å². The van der Waals surface area contributed by atoms with E-state index in [2.05, 4.69) is 10.2 Å². The summed E-state index contributed by atoms with van der Waals surface area (Å²) in [5.41, 5.74) is 3.97. The van der Waals surface area contributed by atoms with E-state index >= 15 is 4.39 Å². The zero-order chi connectivity index (χ0) is 38.3. The summed E-state index contributed by atoms with van der Waals surface area (Å²) >= 11 is 0. The summed E-state index contributed by atoms with van der Waals surface area (Å²) in [7, 11) is -0.924. The van der Waals surface area contributed by atoms with E-state index in [9.17, 15) is 22.4 Å². The number of rotatable bonds is 7. The van der Waals surface area contributed by atoms with Crippen LogP contribution in [0.1, 0.15) is 16.2 Å².